The smallest absolute Gasteiger partial charge is 0.319 e. The zero-order valence-corrected chi connectivity index (χ0v) is 16.4. The fourth-order valence-electron chi connectivity index (χ4n) is 3.81. The van der Waals surface area contributed by atoms with Crippen LogP contribution in [0, 0.1) is 0 Å². The third-order valence-electron chi connectivity index (χ3n) is 5.23. The predicted molar refractivity (Wildman–Crippen MR) is 111 cm³/mol. The number of carbonyl (C=O) groups is 2. The highest BCUT2D eigenvalue weighted by molar-refractivity contribution is 6.00. The van der Waals surface area contributed by atoms with Gasteiger partial charge in [-0.25, -0.2) is 4.79 Å². The van der Waals surface area contributed by atoms with E-state index in [-0.39, 0.29) is 11.9 Å². The molecule has 0 aromatic heterocycles. The maximum atomic E-state index is 13.3. The molecule has 0 atom stereocenters. The van der Waals surface area contributed by atoms with Crippen molar-refractivity contribution in [2.24, 2.45) is 0 Å². The summed E-state index contributed by atoms with van der Waals surface area (Å²) in [7, 11) is 1.63. The number of hydrogen-bond acceptors (Lipinski definition) is 3. The van der Waals surface area contributed by atoms with Gasteiger partial charge in [-0.3, -0.25) is 4.79 Å². The van der Waals surface area contributed by atoms with Crippen molar-refractivity contribution in [2.45, 2.75) is 38.0 Å². The monoisotopic (exact) mass is 381 g/mol. The Kier molecular flexibility index (Phi) is 6.19. The maximum absolute atomic E-state index is 13.3. The number of rotatable bonds is 6. The fourth-order valence-corrected chi connectivity index (χ4v) is 3.81. The van der Waals surface area contributed by atoms with Gasteiger partial charge in [0.05, 0.1) is 12.5 Å². The third-order valence-corrected chi connectivity index (χ3v) is 5.23. The van der Waals surface area contributed by atoms with E-state index in [1.165, 1.54) is 0 Å². The number of benzene rings is 2. The molecule has 2 aromatic carbocycles. The number of nitrogens with one attached hydrogen (secondary N) is 3. The average Bonchev–Trinajstić information content (AvgIpc) is 3.20. The first-order valence-corrected chi connectivity index (χ1v) is 9.68. The maximum Gasteiger partial charge on any atom is 0.319 e. The summed E-state index contributed by atoms with van der Waals surface area (Å²) in [5.74, 6) is 0.734. The van der Waals surface area contributed by atoms with Gasteiger partial charge in [0.1, 0.15) is 5.75 Å². The van der Waals surface area contributed by atoms with E-state index in [9.17, 15) is 9.59 Å². The molecular weight excluding hydrogens is 354 g/mol. The van der Waals surface area contributed by atoms with Gasteiger partial charge in [-0.05, 0) is 55.7 Å². The predicted octanol–water partition coefficient (Wildman–Crippen LogP) is 4.29. The van der Waals surface area contributed by atoms with Crippen molar-refractivity contribution in [2.75, 3.05) is 24.3 Å². The molecule has 3 rings (SSSR count). The molecule has 6 heteroatoms. The lowest BCUT2D eigenvalue weighted by Gasteiger charge is -2.28. The Morgan fingerprint density at radius 1 is 1.00 bits per heavy atom. The first kappa shape index (κ1) is 19.7. The van der Waals surface area contributed by atoms with Gasteiger partial charge in [-0.1, -0.05) is 31.0 Å². The van der Waals surface area contributed by atoms with Gasteiger partial charge < -0.3 is 20.7 Å². The summed E-state index contributed by atoms with van der Waals surface area (Å²) in [6.45, 7) is 2.40. The Balaban J connectivity index is 1.81. The highest BCUT2D eigenvalue weighted by atomic mass is 16.5. The molecule has 0 bridgehead atoms. The summed E-state index contributed by atoms with van der Waals surface area (Å²) in [5.41, 5.74) is 1.72. The first-order chi connectivity index (χ1) is 13.6. The van der Waals surface area contributed by atoms with Crippen LogP contribution in [0.4, 0.5) is 16.2 Å². The Morgan fingerprint density at radius 3 is 2.36 bits per heavy atom. The molecule has 0 radical (unpaired) electrons. The Hall–Kier alpha value is -3.02. The normalized spacial score (nSPS) is 14.9. The van der Waals surface area contributed by atoms with Crippen LogP contribution in [0.25, 0.3) is 0 Å². The molecule has 6 nitrogen and oxygen atoms in total. The van der Waals surface area contributed by atoms with E-state index in [4.69, 9.17) is 4.74 Å². The van der Waals surface area contributed by atoms with Gasteiger partial charge in [-0.15, -0.1) is 0 Å². The number of amides is 3. The quantitative estimate of drug-likeness (QED) is 0.698. The van der Waals surface area contributed by atoms with Crippen LogP contribution in [0.2, 0.25) is 0 Å². The van der Waals surface area contributed by atoms with E-state index in [2.05, 4.69) is 16.0 Å². The van der Waals surface area contributed by atoms with Crippen LogP contribution in [-0.2, 0) is 10.2 Å². The summed E-state index contributed by atoms with van der Waals surface area (Å²) < 4.78 is 5.35. The zero-order chi connectivity index (χ0) is 20.0. The molecule has 148 valence electrons. The number of methoxy groups -OCH3 is 1. The van der Waals surface area contributed by atoms with Gasteiger partial charge >= 0.3 is 6.03 Å². The zero-order valence-electron chi connectivity index (χ0n) is 16.4. The second kappa shape index (κ2) is 8.78. The highest BCUT2D eigenvalue weighted by Gasteiger charge is 2.42. The van der Waals surface area contributed by atoms with E-state index in [0.29, 0.717) is 17.9 Å². The van der Waals surface area contributed by atoms with Crippen molar-refractivity contribution >= 4 is 23.3 Å². The first-order valence-electron chi connectivity index (χ1n) is 9.68. The number of hydrogen-bond donors (Lipinski definition) is 3. The topological polar surface area (TPSA) is 79.5 Å². The molecular formula is C22H27N3O3. The summed E-state index contributed by atoms with van der Waals surface area (Å²) >= 11 is 0. The van der Waals surface area contributed by atoms with Crippen LogP contribution >= 0.6 is 0 Å². The fraction of sp³-hybridized carbons (Fsp3) is 0.364. The van der Waals surface area contributed by atoms with Gasteiger partial charge in [0.2, 0.25) is 5.91 Å². The molecule has 2 aromatic rings. The Morgan fingerprint density at radius 2 is 1.68 bits per heavy atom. The van der Waals surface area contributed by atoms with E-state index >= 15 is 0 Å². The standard InChI is InChI=1S/C22H27N3O3/c1-3-23-21(27)25-18-10-7-9-17(15-18)24-20(26)22(12-4-5-13-22)16-8-6-11-19(14-16)28-2/h6-11,14-15H,3-5,12-13H2,1-2H3,(H,24,26)(H2,23,25,27). The van der Waals surface area contributed by atoms with Gasteiger partial charge in [0, 0.05) is 17.9 Å². The van der Waals surface area contributed by atoms with Crippen molar-refractivity contribution in [3.63, 3.8) is 0 Å². The Labute approximate surface area is 165 Å². The second-order valence-electron chi connectivity index (χ2n) is 7.04. The lowest BCUT2D eigenvalue weighted by Crippen LogP contribution is -2.38. The van der Waals surface area contributed by atoms with E-state index in [1.54, 1.807) is 19.2 Å². The molecule has 3 N–H and O–H groups in total. The van der Waals surface area contributed by atoms with Crippen LogP contribution in [-0.4, -0.2) is 25.6 Å². The SMILES string of the molecule is CCNC(=O)Nc1cccc(NC(=O)C2(c3cccc(OC)c3)CCCC2)c1. The number of carbonyl (C=O) groups excluding carboxylic acids is 2. The van der Waals surface area contributed by atoms with E-state index in [0.717, 1.165) is 37.0 Å². The lowest BCUT2D eigenvalue weighted by atomic mass is 9.78. The highest BCUT2D eigenvalue weighted by Crippen LogP contribution is 2.43. The van der Waals surface area contributed by atoms with Crippen molar-refractivity contribution in [1.29, 1.82) is 0 Å². The Bertz CT molecular complexity index is 844. The van der Waals surface area contributed by atoms with Crippen LogP contribution in [0.15, 0.2) is 48.5 Å². The van der Waals surface area contributed by atoms with E-state index in [1.807, 2.05) is 43.3 Å². The van der Waals surface area contributed by atoms with Crippen LogP contribution in [0.3, 0.4) is 0 Å². The average molecular weight is 381 g/mol. The summed E-state index contributed by atoms with van der Waals surface area (Å²) in [4.78, 5) is 25.1. The van der Waals surface area contributed by atoms with Crippen molar-refractivity contribution in [1.82, 2.24) is 5.32 Å². The number of ether oxygens (including phenoxy) is 1. The van der Waals surface area contributed by atoms with Crippen LogP contribution < -0.4 is 20.7 Å². The molecule has 0 aliphatic heterocycles. The van der Waals surface area contributed by atoms with E-state index < -0.39 is 5.41 Å². The number of anilines is 2. The second-order valence-corrected chi connectivity index (χ2v) is 7.04. The van der Waals surface area contributed by atoms with Gasteiger partial charge in [-0.2, -0.15) is 0 Å². The molecule has 1 fully saturated rings. The molecule has 1 aliphatic carbocycles. The molecule has 0 saturated heterocycles. The summed E-state index contributed by atoms with van der Waals surface area (Å²) in [6, 6.07) is 14.7. The number of urea groups is 1. The van der Waals surface area contributed by atoms with Crippen molar-refractivity contribution in [3.8, 4) is 5.75 Å². The minimum atomic E-state index is -0.558. The van der Waals surface area contributed by atoms with Crippen LogP contribution in [0.1, 0.15) is 38.2 Å². The molecule has 0 heterocycles. The molecule has 0 unspecified atom stereocenters. The lowest BCUT2D eigenvalue weighted by molar-refractivity contribution is -0.121. The summed E-state index contributed by atoms with van der Waals surface area (Å²) in [6.07, 6.45) is 3.65. The molecule has 28 heavy (non-hydrogen) atoms. The molecule has 3 amide bonds. The van der Waals surface area contributed by atoms with Crippen molar-refractivity contribution < 1.29 is 14.3 Å². The van der Waals surface area contributed by atoms with Crippen molar-refractivity contribution in [3.05, 3.63) is 54.1 Å². The molecule has 0 spiro atoms. The molecule has 1 aliphatic rings. The minimum absolute atomic E-state index is 0.0200. The minimum Gasteiger partial charge on any atom is -0.497 e. The van der Waals surface area contributed by atoms with Gasteiger partial charge in [0.25, 0.3) is 0 Å². The molecule has 1 saturated carbocycles. The third kappa shape index (κ3) is 4.27. The summed E-state index contributed by atoms with van der Waals surface area (Å²) in [5, 5.41) is 8.51. The van der Waals surface area contributed by atoms with Crippen LogP contribution in [0.5, 0.6) is 5.75 Å². The van der Waals surface area contributed by atoms with Gasteiger partial charge in [0.15, 0.2) is 0 Å². The largest absolute Gasteiger partial charge is 0.497 e.